The molecule has 0 spiro atoms. The van der Waals surface area contributed by atoms with Crippen LogP contribution < -0.4 is 5.32 Å². The molecule has 1 N–H and O–H groups in total. The SMILES string of the molecule is CCC1=C(C(=O)OCc2ccccc2)C(c2ccc(F)cc2F)N(N(C=O)CCCN2CCC(C#N)(c3ccccc3)CC2)C(=O)N1. The van der Waals surface area contributed by atoms with Crippen molar-refractivity contribution in [2.24, 2.45) is 0 Å². The zero-order valence-electron chi connectivity index (χ0n) is 26.2. The Hall–Kier alpha value is -5.08. The highest BCUT2D eigenvalue weighted by Gasteiger charge is 2.43. The molecule has 9 nitrogen and oxygen atoms in total. The van der Waals surface area contributed by atoms with E-state index in [-0.39, 0.29) is 36.4 Å². The number of amides is 3. The van der Waals surface area contributed by atoms with Gasteiger partial charge in [-0.25, -0.2) is 23.4 Å². The van der Waals surface area contributed by atoms with E-state index < -0.39 is 35.1 Å². The van der Waals surface area contributed by atoms with E-state index in [0.717, 1.165) is 27.2 Å². The molecular formula is C36H37F2N5O4. The lowest BCUT2D eigenvalue weighted by Crippen LogP contribution is -2.57. The third-order valence-electron chi connectivity index (χ3n) is 8.86. The lowest BCUT2D eigenvalue weighted by molar-refractivity contribution is -0.144. The Bertz CT molecular complexity index is 1650. The number of carbonyl (C=O) groups excluding carboxylic acids is 3. The van der Waals surface area contributed by atoms with Crippen LogP contribution in [0, 0.1) is 23.0 Å². The maximum Gasteiger partial charge on any atom is 0.341 e. The van der Waals surface area contributed by atoms with Crippen LogP contribution in [0.25, 0.3) is 0 Å². The van der Waals surface area contributed by atoms with Gasteiger partial charge in [-0.2, -0.15) is 5.26 Å². The van der Waals surface area contributed by atoms with Crippen LogP contribution in [0.3, 0.4) is 0 Å². The number of hydrazine groups is 1. The Labute approximate surface area is 273 Å². The summed E-state index contributed by atoms with van der Waals surface area (Å²) in [7, 11) is 0. The normalized spacial score (nSPS) is 17.9. The number of urea groups is 1. The van der Waals surface area contributed by atoms with Crippen molar-refractivity contribution in [3.8, 4) is 6.07 Å². The van der Waals surface area contributed by atoms with Gasteiger partial charge in [0.25, 0.3) is 0 Å². The molecule has 3 amide bonds. The second kappa shape index (κ2) is 15.0. The predicted octanol–water partition coefficient (Wildman–Crippen LogP) is 5.76. The molecule has 5 rings (SSSR count). The Morgan fingerprint density at radius 2 is 1.77 bits per heavy atom. The number of nitrogens with one attached hydrogen (secondary N) is 1. The molecule has 3 aromatic carbocycles. The van der Waals surface area contributed by atoms with E-state index in [1.807, 2.05) is 36.4 Å². The first kappa shape index (κ1) is 33.3. The highest BCUT2D eigenvalue weighted by molar-refractivity contribution is 5.95. The zero-order chi connectivity index (χ0) is 33.4. The number of halogens is 2. The van der Waals surface area contributed by atoms with Crippen molar-refractivity contribution >= 4 is 18.4 Å². The van der Waals surface area contributed by atoms with Crippen LogP contribution in [0.2, 0.25) is 0 Å². The maximum absolute atomic E-state index is 15.4. The first-order valence-corrected chi connectivity index (χ1v) is 15.7. The topological polar surface area (TPSA) is 106 Å². The lowest BCUT2D eigenvalue weighted by Gasteiger charge is -2.43. The maximum atomic E-state index is 15.4. The third kappa shape index (κ3) is 7.34. The van der Waals surface area contributed by atoms with Gasteiger partial charge >= 0.3 is 12.0 Å². The van der Waals surface area contributed by atoms with E-state index in [1.54, 1.807) is 31.2 Å². The first-order valence-electron chi connectivity index (χ1n) is 15.7. The van der Waals surface area contributed by atoms with E-state index in [2.05, 4.69) is 16.3 Å². The number of esters is 1. The van der Waals surface area contributed by atoms with Crippen LogP contribution in [0.5, 0.6) is 0 Å². The van der Waals surface area contributed by atoms with Crippen molar-refractivity contribution in [3.63, 3.8) is 0 Å². The number of rotatable bonds is 12. The van der Waals surface area contributed by atoms with Crippen molar-refractivity contribution in [3.05, 3.63) is 118 Å². The zero-order valence-corrected chi connectivity index (χ0v) is 26.2. The van der Waals surface area contributed by atoms with Gasteiger partial charge in [0.2, 0.25) is 6.41 Å². The lowest BCUT2D eigenvalue weighted by atomic mass is 9.74. The van der Waals surface area contributed by atoms with Crippen LogP contribution in [0.15, 0.2) is 90.1 Å². The fourth-order valence-electron chi connectivity index (χ4n) is 6.30. The Morgan fingerprint density at radius 3 is 2.38 bits per heavy atom. The number of nitrogens with zero attached hydrogens (tertiary/aromatic N) is 4. The van der Waals surface area contributed by atoms with Gasteiger partial charge in [-0.3, -0.25) is 9.80 Å². The molecule has 2 heterocycles. The highest BCUT2D eigenvalue weighted by Crippen LogP contribution is 2.38. The fraction of sp³-hybridized carbons (Fsp3) is 0.333. The van der Waals surface area contributed by atoms with Crippen molar-refractivity contribution in [2.75, 3.05) is 26.2 Å². The number of hydrogen-bond acceptors (Lipinski definition) is 6. The minimum absolute atomic E-state index is 0.0508. The quantitative estimate of drug-likeness (QED) is 0.199. The second-order valence-corrected chi connectivity index (χ2v) is 11.7. The number of nitriles is 1. The number of allylic oxidation sites excluding steroid dienone is 1. The van der Waals surface area contributed by atoms with Gasteiger partial charge in [0.15, 0.2) is 0 Å². The average molecular weight is 642 g/mol. The fourth-order valence-corrected chi connectivity index (χ4v) is 6.30. The molecule has 0 aliphatic carbocycles. The van der Waals surface area contributed by atoms with Gasteiger partial charge in [0.05, 0.1) is 17.1 Å². The number of piperidine rings is 1. The average Bonchev–Trinajstić information content (AvgIpc) is 3.10. The highest BCUT2D eigenvalue weighted by atomic mass is 19.1. The van der Waals surface area contributed by atoms with Gasteiger partial charge in [0, 0.05) is 23.9 Å². The monoisotopic (exact) mass is 641 g/mol. The van der Waals surface area contributed by atoms with E-state index in [1.165, 1.54) is 6.07 Å². The van der Waals surface area contributed by atoms with Crippen LogP contribution in [0.1, 0.15) is 55.3 Å². The van der Waals surface area contributed by atoms with Gasteiger partial charge in [0.1, 0.15) is 24.3 Å². The molecule has 3 aromatic rings. The molecular weight excluding hydrogens is 604 g/mol. The van der Waals surface area contributed by atoms with Gasteiger partial charge < -0.3 is 15.0 Å². The number of likely N-dealkylation sites (tertiary alicyclic amines) is 1. The van der Waals surface area contributed by atoms with Crippen LogP contribution in [-0.4, -0.2) is 59.5 Å². The molecule has 11 heteroatoms. The number of carbonyl (C=O) groups is 3. The van der Waals surface area contributed by atoms with Gasteiger partial charge in [-0.1, -0.05) is 73.7 Å². The molecule has 0 bridgehead atoms. The smallest absolute Gasteiger partial charge is 0.341 e. The summed E-state index contributed by atoms with van der Waals surface area (Å²) >= 11 is 0. The largest absolute Gasteiger partial charge is 0.457 e. The summed E-state index contributed by atoms with van der Waals surface area (Å²) in [6.07, 6.45) is 2.43. The summed E-state index contributed by atoms with van der Waals surface area (Å²) in [5, 5.41) is 14.8. The molecule has 2 aliphatic heterocycles. The summed E-state index contributed by atoms with van der Waals surface area (Å²) in [6, 6.07) is 22.0. The molecule has 0 saturated carbocycles. The Kier molecular flexibility index (Phi) is 10.6. The van der Waals surface area contributed by atoms with Crippen molar-refractivity contribution in [1.82, 2.24) is 20.2 Å². The van der Waals surface area contributed by atoms with Crippen LogP contribution >= 0.6 is 0 Å². The van der Waals surface area contributed by atoms with Crippen molar-refractivity contribution in [2.45, 2.75) is 50.7 Å². The Balaban J connectivity index is 1.35. The van der Waals surface area contributed by atoms with Crippen molar-refractivity contribution in [1.29, 1.82) is 5.26 Å². The molecule has 244 valence electrons. The second-order valence-electron chi connectivity index (χ2n) is 11.7. The predicted molar refractivity (Wildman–Crippen MR) is 170 cm³/mol. The number of benzene rings is 3. The van der Waals surface area contributed by atoms with E-state index in [9.17, 15) is 24.0 Å². The molecule has 0 radical (unpaired) electrons. The minimum atomic E-state index is -1.40. The number of hydrogen-bond donors (Lipinski definition) is 1. The third-order valence-corrected chi connectivity index (χ3v) is 8.86. The summed E-state index contributed by atoms with van der Waals surface area (Å²) in [4.78, 5) is 42.0. The first-order chi connectivity index (χ1) is 22.8. The van der Waals surface area contributed by atoms with Gasteiger partial charge in [-0.15, -0.1) is 0 Å². The minimum Gasteiger partial charge on any atom is -0.457 e. The molecule has 1 fully saturated rings. The van der Waals surface area contributed by atoms with Gasteiger partial charge in [-0.05, 0) is 62.5 Å². The summed E-state index contributed by atoms with van der Waals surface area (Å²) in [6.45, 7) is 3.66. The molecule has 0 aromatic heterocycles. The molecule has 1 saturated heterocycles. The molecule has 2 aliphatic rings. The molecule has 1 unspecified atom stereocenters. The van der Waals surface area contributed by atoms with Crippen LogP contribution in [0.4, 0.5) is 13.6 Å². The Morgan fingerprint density at radius 1 is 1.09 bits per heavy atom. The summed E-state index contributed by atoms with van der Waals surface area (Å²) < 4.78 is 35.0. The van der Waals surface area contributed by atoms with E-state index >= 15 is 4.39 Å². The summed E-state index contributed by atoms with van der Waals surface area (Å²) in [5.74, 6) is -2.60. The van der Waals surface area contributed by atoms with E-state index in [0.29, 0.717) is 51.4 Å². The molecule has 47 heavy (non-hydrogen) atoms. The van der Waals surface area contributed by atoms with E-state index in [4.69, 9.17) is 4.74 Å². The van der Waals surface area contributed by atoms with Crippen molar-refractivity contribution < 1.29 is 27.9 Å². The summed E-state index contributed by atoms with van der Waals surface area (Å²) in [5.41, 5.74) is 1.18. The number of ether oxygens (including phenoxy) is 1. The molecule has 1 atom stereocenters. The van der Waals surface area contributed by atoms with Crippen LogP contribution in [-0.2, 0) is 26.3 Å². The standard InChI is InChI=1S/C36H37F2N5O4/c1-2-31-32(34(45)47-23-26-10-5-3-6-11-26)33(29-15-14-28(37)22-30(29)38)43(35(46)40-31)42(25-44)19-9-18-41-20-16-36(24-39,17-21-41)27-12-7-4-8-13-27/h3-8,10-15,22,25,33H,2,9,16-21,23H2,1H3,(H,40,46).